The van der Waals surface area contributed by atoms with E-state index in [0.717, 1.165) is 0 Å². The maximum atomic E-state index is 13.9. The van der Waals surface area contributed by atoms with E-state index in [-0.39, 0.29) is 11.3 Å². The Morgan fingerprint density at radius 2 is 1.42 bits per heavy atom. The summed E-state index contributed by atoms with van der Waals surface area (Å²) in [5.41, 5.74) is -1.51. The topological polar surface area (TPSA) is 59.3 Å². The quantitative estimate of drug-likeness (QED) is 0.204. The third-order valence-corrected chi connectivity index (χ3v) is 4.51. The summed E-state index contributed by atoms with van der Waals surface area (Å²) in [6.07, 6.45) is 0. The first kappa shape index (κ1) is 20.3. The highest BCUT2D eigenvalue weighted by Gasteiger charge is 2.29. The Bertz CT molecular complexity index is 1390. The monoisotopic (exact) mass is 431 g/mol. The van der Waals surface area contributed by atoms with Crippen molar-refractivity contribution in [2.75, 3.05) is 5.32 Å². The van der Waals surface area contributed by atoms with Gasteiger partial charge in [0.25, 0.3) is 5.91 Å². The highest BCUT2D eigenvalue weighted by atomic mass is 19.2. The zero-order valence-electron chi connectivity index (χ0n) is 15.3. The third kappa shape index (κ3) is 3.54. The first-order valence-electron chi connectivity index (χ1n) is 8.74. The van der Waals surface area contributed by atoms with Crippen molar-refractivity contribution in [2.45, 2.75) is 0 Å². The molecule has 0 radical (unpaired) electrons. The second-order valence-corrected chi connectivity index (χ2v) is 6.47. The molecular weight excluding hydrogens is 421 g/mol. The molecule has 31 heavy (non-hydrogen) atoms. The number of hydrogen-bond acceptors (Lipinski definition) is 3. The SMILES string of the molecule is O=C(Nc1cccc(-c2cc3ccccc3oc2=O)c1)c1c(F)c(F)c(F)c(F)c1F. The Hall–Kier alpha value is -4.01. The molecule has 156 valence electrons. The number of rotatable bonds is 3. The van der Waals surface area contributed by atoms with Crippen LogP contribution in [0.3, 0.4) is 0 Å². The predicted molar refractivity (Wildman–Crippen MR) is 102 cm³/mol. The van der Waals surface area contributed by atoms with Gasteiger partial charge in [-0.25, -0.2) is 26.7 Å². The minimum absolute atomic E-state index is 0.0426. The van der Waals surface area contributed by atoms with Crippen LogP contribution in [0.1, 0.15) is 10.4 Å². The molecule has 0 spiro atoms. The van der Waals surface area contributed by atoms with E-state index >= 15 is 0 Å². The molecule has 0 atom stereocenters. The van der Waals surface area contributed by atoms with Crippen LogP contribution < -0.4 is 10.9 Å². The van der Waals surface area contributed by atoms with Crippen LogP contribution in [0.25, 0.3) is 22.1 Å². The smallest absolute Gasteiger partial charge is 0.344 e. The molecule has 0 aliphatic rings. The summed E-state index contributed by atoms with van der Waals surface area (Å²) in [6.45, 7) is 0. The van der Waals surface area contributed by atoms with Crippen molar-refractivity contribution in [3.05, 3.63) is 99.7 Å². The number of carbonyl (C=O) groups excluding carboxylic acids is 1. The third-order valence-electron chi connectivity index (χ3n) is 4.51. The van der Waals surface area contributed by atoms with Crippen LogP contribution in [0.5, 0.6) is 0 Å². The molecule has 0 saturated carbocycles. The number of anilines is 1. The van der Waals surface area contributed by atoms with Crippen molar-refractivity contribution in [1.29, 1.82) is 0 Å². The molecule has 1 N–H and O–H groups in total. The van der Waals surface area contributed by atoms with Crippen molar-refractivity contribution in [3.63, 3.8) is 0 Å². The van der Waals surface area contributed by atoms with E-state index in [2.05, 4.69) is 5.32 Å². The van der Waals surface area contributed by atoms with E-state index < -0.39 is 46.2 Å². The summed E-state index contributed by atoms with van der Waals surface area (Å²) in [4.78, 5) is 24.5. The van der Waals surface area contributed by atoms with Gasteiger partial charge in [0.2, 0.25) is 5.82 Å². The van der Waals surface area contributed by atoms with Gasteiger partial charge >= 0.3 is 5.63 Å². The largest absolute Gasteiger partial charge is 0.422 e. The van der Waals surface area contributed by atoms with E-state index in [1.165, 1.54) is 24.3 Å². The molecule has 0 aliphatic carbocycles. The van der Waals surface area contributed by atoms with Gasteiger partial charge in [-0.2, -0.15) is 0 Å². The van der Waals surface area contributed by atoms with Crippen LogP contribution in [0, 0.1) is 29.1 Å². The van der Waals surface area contributed by atoms with Crippen molar-refractivity contribution in [1.82, 2.24) is 0 Å². The first-order valence-corrected chi connectivity index (χ1v) is 8.74. The van der Waals surface area contributed by atoms with Gasteiger partial charge in [-0.3, -0.25) is 4.79 Å². The van der Waals surface area contributed by atoms with Gasteiger partial charge in [0, 0.05) is 11.1 Å². The average Bonchev–Trinajstić information content (AvgIpc) is 2.76. The van der Waals surface area contributed by atoms with Crippen LogP contribution in [0.4, 0.5) is 27.6 Å². The number of hydrogen-bond donors (Lipinski definition) is 1. The lowest BCUT2D eigenvalue weighted by molar-refractivity contribution is 0.101. The minimum Gasteiger partial charge on any atom is -0.422 e. The molecule has 3 aromatic carbocycles. The molecule has 0 bridgehead atoms. The molecule has 1 amide bonds. The minimum atomic E-state index is -2.36. The van der Waals surface area contributed by atoms with Crippen LogP contribution in [0.2, 0.25) is 0 Å². The van der Waals surface area contributed by atoms with E-state index in [0.29, 0.717) is 16.5 Å². The first-order chi connectivity index (χ1) is 14.8. The van der Waals surface area contributed by atoms with Gasteiger partial charge in [-0.1, -0.05) is 30.3 Å². The summed E-state index contributed by atoms with van der Waals surface area (Å²) in [5, 5.41) is 2.71. The molecule has 0 aliphatic heterocycles. The number of carbonyl (C=O) groups is 1. The lowest BCUT2D eigenvalue weighted by Crippen LogP contribution is -2.19. The fraction of sp³-hybridized carbons (Fsp3) is 0. The van der Waals surface area contributed by atoms with Crippen LogP contribution in [-0.4, -0.2) is 5.91 Å². The van der Waals surface area contributed by atoms with Crippen molar-refractivity contribution < 1.29 is 31.2 Å². The molecule has 1 heterocycles. The van der Waals surface area contributed by atoms with Gasteiger partial charge in [0.15, 0.2) is 23.3 Å². The Morgan fingerprint density at radius 1 is 0.774 bits per heavy atom. The van der Waals surface area contributed by atoms with E-state index in [4.69, 9.17) is 4.42 Å². The van der Waals surface area contributed by atoms with Crippen LogP contribution in [-0.2, 0) is 0 Å². The molecule has 0 unspecified atom stereocenters. The summed E-state index contributed by atoms with van der Waals surface area (Å²) in [7, 11) is 0. The molecule has 0 fully saturated rings. The van der Waals surface area contributed by atoms with Crippen molar-refractivity contribution in [2.24, 2.45) is 0 Å². The standard InChI is InChI=1S/C22H10F5NO3/c23-16-15(17(24)19(26)20(27)18(16)25)21(29)28-12-6-3-5-10(8-12)13-9-11-4-1-2-7-14(11)31-22(13)30/h1-9H,(H,28,29). The maximum absolute atomic E-state index is 13.9. The fourth-order valence-corrected chi connectivity index (χ4v) is 3.03. The summed E-state index contributed by atoms with van der Waals surface area (Å²) >= 11 is 0. The molecular formula is C22H10F5NO3. The molecule has 9 heteroatoms. The van der Waals surface area contributed by atoms with Crippen molar-refractivity contribution >= 4 is 22.6 Å². The van der Waals surface area contributed by atoms with Gasteiger partial charge in [-0.05, 0) is 29.8 Å². The Morgan fingerprint density at radius 3 is 2.13 bits per heavy atom. The fourth-order valence-electron chi connectivity index (χ4n) is 3.03. The number of fused-ring (bicyclic) bond motifs is 1. The molecule has 0 saturated heterocycles. The van der Waals surface area contributed by atoms with Crippen molar-refractivity contribution in [3.8, 4) is 11.1 Å². The highest BCUT2D eigenvalue weighted by Crippen LogP contribution is 2.26. The number of para-hydroxylation sites is 1. The zero-order chi connectivity index (χ0) is 22.3. The second-order valence-electron chi connectivity index (χ2n) is 6.47. The molecule has 1 aromatic heterocycles. The summed E-state index contributed by atoms with van der Waals surface area (Å²) < 4.78 is 72.9. The van der Waals surface area contributed by atoms with Gasteiger partial charge in [0.05, 0.1) is 5.56 Å². The molecule has 4 rings (SSSR count). The zero-order valence-corrected chi connectivity index (χ0v) is 15.3. The molecule has 4 nitrogen and oxygen atoms in total. The summed E-state index contributed by atoms with van der Waals surface area (Å²) in [6, 6.07) is 13.9. The lowest BCUT2D eigenvalue weighted by Gasteiger charge is -2.10. The van der Waals surface area contributed by atoms with E-state index in [1.54, 1.807) is 30.3 Å². The van der Waals surface area contributed by atoms with Gasteiger partial charge in [-0.15, -0.1) is 0 Å². The van der Waals surface area contributed by atoms with E-state index in [1.807, 2.05) is 0 Å². The maximum Gasteiger partial charge on any atom is 0.344 e. The number of nitrogens with one attached hydrogen (secondary N) is 1. The highest BCUT2D eigenvalue weighted by molar-refractivity contribution is 6.05. The van der Waals surface area contributed by atoms with Crippen LogP contribution >= 0.6 is 0 Å². The number of halogens is 5. The average molecular weight is 431 g/mol. The number of benzene rings is 3. The Balaban J connectivity index is 1.72. The van der Waals surface area contributed by atoms with Gasteiger partial charge < -0.3 is 9.73 Å². The molecule has 4 aromatic rings. The van der Waals surface area contributed by atoms with E-state index in [9.17, 15) is 31.5 Å². The normalized spacial score (nSPS) is 11.0. The summed E-state index contributed by atoms with van der Waals surface area (Å²) in [5.74, 6) is -12.9. The van der Waals surface area contributed by atoms with Gasteiger partial charge in [0.1, 0.15) is 11.1 Å². The predicted octanol–water partition coefficient (Wildman–Crippen LogP) is 5.41. The lowest BCUT2D eigenvalue weighted by atomic mass is 10.0. The van der Waals surface area contributed by atoms with Crippen LogP contribution in [0.15, 0.2) is 63.8 Å². The second kappa shape index (κ2) is 7.67. The Labute approximate surface area is 170 Å². The Kier molecular flexibility index (Phi) is 5.02. The number of amides is 1.